The molecule has 0 spiro atoms. The largest absolute Gasteiger partial charge is 0.433 e. The molecule has 0 saturated carbocycles. The molecule has 0 unspecified atom stereocenters. The van der Waals surface area contributed by atoms with E-state index in [-0.39, 0.29) is 11.4 Å². The first kappa shape index (κ1) is 15.0. The number of nitrogens with one attached hydrogen (secondary N) is 1. The minimum atomic E-state index is -2.95. The maximum atomic E-state index is 12.3. The fraction of sp³-hybridized carbons (Fsp3) is 0.286. The van der Waals surface area contributed by atoms with E-state index >= 15 is 0 Å². The third-order valence-corrected chi connectivity index (χ3v) is 3.09. The van der Waals surface area contributed by atoms with Gasteiger partial charge in [0, 0.05) is 12.7 Å². The second-order valence-corrected chi connectivity index (χ2v) is 4.50. The number of alkyl halides is 2. The van der Waals surface area contributed by atoms with E-state index < -0.39 is 12.5 Å². The quantitative estimate of drug-likeness (QED) is 0.943. The number of carbonyl (C=O) groups is 1. The van der Waals surface area contributed by atoms with Crippen LogP contribution in [0.5, 0.6) is 5.75 Å². The summed E-state index contributed by atoms with van der Waals surface area (Å²) in [6.07, 6.45) is 0. The predicted molar refractivity (Wildman–Crippen MR) is 73.7 cm³/mol. The molecule has 0 aliphatic heterocycles. The molecule has 2 rings (SSSR count). The van der Waals surface area contributed by atoms with Crippen LogP contribution in [0.1, 0.15) is 21.7 Å². The molecule has 1 aromatic carbocycles. The Kier molecular flexibility index (Phi) is 4.21. The molecule has 2 aromatic rings. The van der Waals surface area contributed by atoms with Gasteiger partial charge in [-0.2, -0.15) is 13.9 Å². The van der Waals surface area contributed by atoms with Gasteiger partial charge >= 0.3 is 6.61 Å². The molecule has 1 aromatic heterocycles. The molecule has 1 amide bonds. The number of hydrogen-bond donors (Lipinski definition) is 1. The van der Waals surface area contributed by atoms with Crippen LogP contribution in [0.25, 0.3) is 0 Å². The number of halogens is 2. The normalized spacial score (nSPS) is 10.8. The van der Waals surface area contributed by atoms with Crippen molar-refractivity contribution in [3.63, 3.8) is 0 Å². The van der Waals surface area contributed by atoms with Gasteiger partial charge in [0.1, 0.15) is 5.75 Å². The average Bonchev–Trinajstić information content (AvgIpc) is 2.65. The van der Waals surface area contributed by atoms with Gasteiger partial charge in [0.25, 0.3) is 5.91 Å². The van der Waals surface area contributed by atoms with E-state index in [1.165, 1.54) is 12.1 Å². The topological polar surface area (TPSA) is 56.2 Å². The zero-order chi connectivity index (χ0) is 15.6. The van der Waals surface area contributed by atoms with Crippen molar-refractivity contribution >= 4 is 11.6 Å². The van der Waals surface area contributed by atoms with Crippen molar-refractivity contribution in [2.24, 2.45) is 7.05 Å². The SMILES string of the molecule is Cc1nn(C)c(C)c1C(=O)Nc1ccccc1OC(F)F. The molecule has 0 aliphatic carbocycles. The Morgan fingerprint density at radius 1 is 1.33 bits per heavy atom. The summed E-state index contributed by atoms with van der Waals surface area (Å²) in [6.45, 7) is 0.518. The smallest absolute Gasteiger partial charge is 0.387 e. The van der Waals surface area contributed by atoms with E-state index in [0.717, 1.165) is 0 Å². The standard InChI is InChI=1S/C14H15F2N3O2/c1-8-12(9(2)19(3)18-8)13(20)17-10-6-4-5-7-11(10)21-14(15)16/h4-7,14H,1-3H3,(H,17,20). The number of hydrogen-bond acceptors (Lipinski definition) is 3. The number of benzene rings is 1. The molecule has 0 bridgehead atoms. The van der Waals surface area contributed by atoms with Crippen molar-refractivity contribution in [3.05, 3.63) is 41.2 Å². The van der Waals surface area contributed by atoms with Crippen LogP contribution in [-0.2, 0) is 7.05 Å². The molecule has 112 valence electrons. The lowest BCUT2D eigenvalue weighted by Gasteiger charge is -2.11. The van der Waals surface area contributed by atoms with Crippen LogP contribution in [0, 0.1) is 13.8 Å². The van der Waals surface area contributed by atoms with Crippen LogP contribution in [-0.4, -0.2) is 22.3 Å². The molecule has 21 heavy (non-hydrogen) atoms. The van der Waals surface area contributed by atoms with Crippen molar-refractivity contribution in [2.45, 2.75) is 20.5 Å². The highest BCUT2D eigenvalue weighted by atomic mass is 19.3. The van der Waals surface area contributed by atoms with Crippen LogP contribution < -0.4 is 10.1 Å². The van der Waals surface area contributed by atoms with Crippen LogP contribution in [0.15, 0.2) is 24.3 Å². The van der Waals surface area contributed by atoms with E-state index in [2.05, 4.69) is 15.2 Å². The molecule has 1 N–H and O–H groups in total. The van der Waals surface area contributed by atoms with Crippen molar-refractivity contribution in [2.75, 3.05) is 5.32 Å². The zero-order valence-corrected chi connectivity index (χ0v) is 11.9. The van der Waals surface area contributed by atoms with E-state index in [9.17, 15) is 13.6 Å². The minimum absolute atomic E-state index is 0.0833. The fourth-order valence-electron chi connectivity index (χ4n) is 2.06. The van der Waals surface area contributed by atoms with Gasteiger partial charge in [0.2, 0.25) is 0 Å². The molecule has 0 aliphatic rings. The number of amides is 1. The van der Waals surface area contributed by atoms with Crippen LogP contribution in [0.3, 0.4) is 0 Å². The summed E-state index contributed by atoms with van der Waals surface area (Å²) in [7, 11) is 1.73. The number of rotatable bonds is 4. The summed E-state index contributed by atoms with van der Waals surface area (Å²) in [6, 6.07) is 6.03. The van der Waals surface area contributed by atoms with Crippen LogP contribution >= 0.6 is 0 Å². The maximum absolute atomic E-state index is 12.3. The van der Waals surface area contributed by atoms with Crippen LogP contribution in [0.4, 0.5) is 14.5 Å². The summed E-state index contributed by atoms with van der Waals surface area (Å²) in [5.74, 6) is -0.497. The Morgan fingerprint density at radius 2 is 2.00 bits per heavy atom. The number of carbonyl (C=O) groups excluding carboxylic acids is 1. The van der Waals surface area contributed by atoms with Crippen molar-refractivity contribution in [1.29, 1.82) is 0 Å². The molecular weight excluding hydrogens is 280 g/mol. The van der Waals surface area contributed by atoms with Crippen molar-refractivity contribution < 1.29 is 18.3 Å². The average molecular weight is 295 g/mol. The van der Waals surface area contributed by atoms with E-state index in [0.29, 0.717) is 17.0 Å². The first-order valence-corrected chi connectivity index (χ1v) is 6.25. The zero-order valence-electron chi connectivity index (χ0n) is 11.9. The number of aromatic nitrogens is 2. The number of nitrogens with zero attached hydrogens (tertiary/aromatic N) is 2. The first-order chi connectivity index (χ1) is 9.90. The summed E-state index contributed by atoms with van der Waals surface area (Å²) in [4.78, 5) is 12.3. The second kappa shape index (κ2) is 5.90. The molecule has 0 radical (unpaired) electrons. The van der Waals surface area contributed by atoms with Gasteiger partial charge in [0.15, 0.2) is 0 Å². The molecule has 1 heterocycles. The van der Waals surface area contributed by atoms with E-state index in [1.807, 2.05) is 0 Å². The molecule has 0 saturated heterocycles. The van der Waals surface area contributed by atoms with Crippen molar-refractivity contribution in [3.8, 4) is 5.75 Å². The third kappa shape index (κ3) is 3.18. The lowest BCUT2D eigenvalue weighted by molar-refractivity contribution is -0.0493. The van der Waals surface area contributed by atoms with Gasteiger partial charge in [-0.15, -0.1) is 0 Å². The van der Waals surface area contributed by atoms with E-state index in [1.54, 1.807) is 37.7 Å². The van der Waals surface area contributed by atoms with Gasteiger partial charge in [-0.3, -0.25) is 9.48 Å². The molecular formula is C14H15F2N3O2. The second-order valence-electron chi connectivity index (χ2n) is 4.50. The molecule has 7 heteroatoms. The highest BCUT2D eigenvalue weighted by molar-refractivity contribution is 6.06. The van der Waals surface area contributed by atoms with Gasteiger partial charge in [0.05, 0.1) is 16.9 Å². The third-order valence-electron chi connectivity index (χ3n) is 3.09. The minimum Gasteiger partial charge on any atom is -0.433 e. The van der Waals surface area contributed by atoms with Crippen LogP contribution in [0.2, 0.25) is 0 Å². The Balaban J connectivity index is 2.28. The molecule has 0 atom stereocenters. The lowest BCUT2D eigenvalue weighted by Crippen LogP contribution is -2.15. The van der Waals surface area contributed by atoms with Crippen molar-refractivity contribution in [1.82, 2.24) is 9.78 Å². The van der Waals surface area contributed by atoms with Gasteiger partial charge in [-0.1, -0.05) is 12.1 Å². The van der Waals surface area contributed by atoms with Gasteiger partial charge in [-0.25, -0.2) is 0 Å². The highest BCUT2D eigenvalue weighted by Gasteiger charge is 2.19. The summed E-state index contributed by atoms with van der Waals surface area (Å²) in [5, 5.41) is 6.73. The number of para-hydroxylation sites is 2. The molecule has 0 fully saturated rings. The summed E-state index contributed by atoms with van der Waals surface area (Å²) < 4.78 is 30.7. The number of ether oxygens (including phenoxy) is 1. The Morgan fingerprint density at radius 3 is 2.57 bits per heavy atom. The number of aryl methyl sites for hydroxylation is 2. The monoisotopic (exact) mass is 295 g/mol. The number of anilines is 1. The first-order valence-electron chi connectivity index (χ1n) is 6.25. The Bertz CT molecular complexity index is 668. The predicted octanol–water partition coefficient (Wildman–Crippen LogP) is 2.89. The summed E-state index contributed by atoms with van der Waals surface area (Å²) >= 11 is 0. The fourth-order valence-corrected chi connectivity index (χ4v) is 2.06. The highest BCUT2D eigenvalue weighted by Crippen LogP contribution is 2.26. The lowest BCUT2D eigenvalue weighted by atomic mass is 10.1. The Hall–Kier alpha value is -2.44. The summed E-state index contributed by atoms with van der Waals surface area (Å²) in [5.41, 5.74) is 1.87. The van der Waals surface area contributed by atoms with Gasteiger partial charge < -0.3 is 10.1 Å². The molecule has 5 nitrogen and oxygen atoms in total. The van der Waals surface area contributed by atoms with Gasteiger partial charge in [-0.05, 0) is 26.0 Å². The maximum Gasteiger partial charge on any atom is 0.387 e. The Labute approximate surface area is 120 Å². The van der Waals surface area contributed by atoms with E-state index in [4.69, 9.17) is 0 Å².